The Balaban J connectivity index is 2.81. The predicted molar refractivity (Wildman–Crippen MR) is 98.2 cm³/mol. The molecular formula is C15H26N4O2S2. The molecule has 0 amide bonds. The molecule has 1 rings (SSSR count). The standard InChI is InChI=1S/C15H26N4O2S2/c1-5-17-14(19-11-15(2,3)22-4)18-10-12-7-6-8-13(9-12)23(16,20)21/h6-9H,5,10-11H2,1-4H3,(H2,16,20,21)(H2,17,18,19). The van der Waals surface area contributed by atoms with Crippen LogP contribution in [0.5, 0.6) is 0 Å². The number of primary sulfonamides is 1. The number of nitrogens with zero attached hydrogens (tertiary/aromatic N) is 1. The van der Waals surface area contributed by atoms with Gasteiger partial charge >= 0.3 is 0 Å². The summed E-state index contributed by atoms with van der Waals surface area (Å²) in [4.78, 5) is 4.60. The van der Waals surface area contributed by atoms with Crippen LogP contribution < -0.4 is 15.8 Å². The number of nitrogens with two attached hydrogens (primary N) is 1. The Morgan fingerprint density at radius 3 is 2.61 bits per heavy atom. The van der Waals surface area contributed by atoms with E-state index in [-0.39, 0.29) is 9.64 Å². The second kappa shape index (κ2) is 8.56. The van der Waals surface area contributed by atoms with Gasteiger partial charge in [0.1, 0.15) is 0 Å². The van der Waals surface area contributed by atoms with Crippen LogP contribution in [-0.2, 0) is 16.6 Å². The minimum atomic E-state index is -3.69. The molecule has 6 nitrogen and oxygen atoms in total. The van der Waals surface area contributed by atoms with Gasteiger partial charge in [-0.3, -0.25) is 0 Å². The number of thioether (sulfide) groups is 1. The van der Waals surface area contributed by atoms with Gasteiger partial charge in [-0.25, -0.2) is 18.5 Å². The first-order chi connectivity index (χ1) is 10.7. The highest BCUT2D eigenvalue weighted by molar-refractivity contribution is 7.99. The highest BCUT2D eigenvalue weighted by Crippen LogP contribution is 2.19. The number of sulfonamides is 1. The van der Waals surface area contributed by atoms with E-state index < -0.39 is 10.0 Å². The second-order valence-corrected chi connectivity index (χ2v) is 8.78. The van der Waals surface area contributed by atoms with Gasteiger partial charge in [0, 0.05) is 17.8 Å². The van der Waals surface area contributed by atoms with Crippen molar-refractivity contribution in [1.29, 1.82) is 0 Å². The van der Waals surface area contributed by atoms with Gasteiger partial charge in [0.05, 0.1) is 11.4 Å². The van der Waals surface area contributed by atoms with Crippen molar-refractivity contribution in [2.75, 3.05) is 19.3 Å². The minimum absolute atomic E-state index is 0.101. The molecule has 4 N–H and O–H groups in total. The fourth-order valence-corrected chi connectivity index (χ4v) is 2.50. The van der Waals surface area contributed by atoms with Crippen LogP contribution in [0.15, 0.2) is 34.2 Å². The molecule has 23 heavy (non-hydrogen) atoms. The first kappa shape index (κ1) is 19.8. The number of benzene rings is 1. The molecule has 0 aliphatic heterocycles. The Morgan fingerprint density at radius 1 is 1.35 bits per heavy atom. The van der Waals surface area contributed by atoms with Crippen LogP contribution in [0.2, 0.25) is 0 Å². The molecule has 0 unspecified atom stereocenters. The van der Waals surface area contributed by atoms with Crippen LogP contribution in [-0.4, -0.2) is 38.5 Å². The molecule has 0 saturated heterocycles. The van der Waals surface area contributed by atoms with Crippen LogP contribution in [0.1, 0.15) is 26.3 Å². The Bertz CT molecular complexity index is 643. The van der Waals surface area contributed by atoms with E-state index in [0.717, 1.165) is 18.7 Å². The van der Waals surface area contributed by atoms with Crippen molar-refractivity contribution >= 4 is 27.7 Å². The minimum Gasteiger partial charge on any atom is -0.357 e. The van der Waals surface area contributed by atoms with Gasteiger partial charge in [-0.1, -0.05) is 12.1 Å². The maximum absolute atomic E-state index is 11.4. The van der Waals surface area contributed by atoms with Gasteiger partial charge in [-0.15, -0.1) is 0 Å². The largest absolute Gasteiger partial charge is 0.357 e. The van der Waals surface area contributed by atoms with E-state index in [2.05, 4.69) is 35.7 Å². The molecule has 0 radical (unpaired) electrons. The zero-order chi connectivity index (χ0) is 17.5. The summed E-state index contributed by atoms with van der Waals surface area (Å²) in [7, 11) is -3.69. The number of rotatable bonds is 7. The molecule has 0 atom stereocenters. The zero-order valence-corrected chi connectivity index (χ0v) is 15.7. The summed E-state index contributed by atoms with van der Waals surface area (Å²) in [5, 5.41) is 11.6. The van der Waals surface area contributed by atoms with Crippen LogP contribution in [0, 0.1) is 0 Å². The van der Waals surface area contributed by atoms with Crippen LogP contribution in [0.4, 0.5) is 0 Å². The summed E-state index contributed by atoms with van der Waals surface area (Å²) in [6.45, 7) is 8.21. The van der Waals surface area contributed by atoms with Crippen molar-refractivity contribution in [3.63, 3.8) is 0 Å². The topological polar surface area (TPSA) is 96.6 Å². The molecule has 0 fully saturated rings. The Labute approximate surface area is 143 Å². The summed E-state index contributed by atoms with van der Waals surface area (Å²) in [6, 6.07) is 6.52. The Kier molecular flexibility index (Phi) is 7.37. The average molecular weight is 359 g/mol. The highest BCUT2D eigenvalue weighted by Gasteiger charge is 2.16. The number of guanidine groups is 1. The van der Waals surface area contributed by atoms with Crippen molar-refractivity contribution in [2.45, 2.75) is 37.0 Å². The predicted octanol–water partition coefficient (Wildman–Crippen LogP) is 1.53. The number of aliphatic imine (C=N–C) groups is 1. The van der Waals surface area contributed by atoms with E-state index in [0.29, 0.717) is 12.5 Å². The molecule has 8 heteroatoms. The molecule has 1 aromatic rings. The van der Waals surface area contributed by atoms with E-state index in [1.807, 2.05) is 13.0 Å². The Hall–Kier alpha value is -1.25. The molecule has 0 aliphatic rings. The van der Waals surface area contributed by atoms with Crippen LogP contribution in [0.25, 0.3) is 0 Å². The highest BCUT2D eigenvalue weighted by atomic mass is 32.2. The summed E-state index contributed by atoms with van der Waals surface area (Å²) >= 11 is 1.78. The maximum atomic E-state index is 11.4. The van der Waals surface area contributed by atoms with Gasteiger partial charge in [0.2, 0.25) is 10.0 Å². The lowest BCUT2D eigenvalue weighted by Gasteiger charge is -2.23. The lowest BCUT2D eigenvalue weighted by atomic mass is 10.2. The van der Waals surface area contributed by atoms with E-state index >= 15 is 0 Å². The quantitative estimate of drug-likeness (QED) is 0.507. The summed E-state index contributed by atoms with van der Waals surface area (Å²) < 4.78 is 22.9. The molecule has 0 aliphatic carbocycles. The normalized spacial score (nSPS) is 13.0. The molecule has 130 valence electrons. The zero-order valence-electron chi connectivity index (χ0n) is 14.1. The third-order valence-electron chi connectivity index (χ3n) is 3.23. The smallest absolute Gasteiger partial charge is 0.238 e. The number of hydrogen-bond donors (Lipinski definition) is 3. The van der Waals surface area contributed by atoms with Gasteiger partial charge in [-0.2, -0.15) is 11.8 Å². The first-order valence-electron chi connectivity index (χ1n) is 7.37. The van der Waals surface area contributed by atoms with E-state index in [1.54, 1.807) is 23.9 Å². The van der Waals surface area contributed by atoms with Gasteiger partial charge < -0.3 is 10.6 Å². The van der Waals surface area contributed by atoms with E-state index in [1.165, 1.54) is 6.07 Å². The molecule has 1 aromatic carbocycles. The second-order valence-electron chi connectivity index (χ2n) is 5.70. The monoisotopic (exact) mass is 358 g/mol. The lowest BCUT2D eigenvalue weighted by molar-refractivity contribution is 0.597. The molecule has 0 aromatic heterocycles. The molecule has 0 heterocycles. The van der Waals surface area contributed by atoms with Crippen LogP contribution >= 0.6 is 11.8 Å². The third kappa shape index (κ3) is 7.24. The fourth-order valence-electron chi connectivity index (χ4n) is 1.70. The van der Waals surface area contributed by atoms with Crippen molar-refractivity contribution in [3.8, 4) is 0 Å². The Morgan fingerprint density at radius 2 is 2.04 bits per heavy atom. The average Bonchev–Trinajstić information content (AvgIpc) is 2.49. The lowest BCUT2D eigenvalue weighted by Crippen LogP contribution is -2.43. The van der Waals surface area contributed by atoms with E-state index in [9.17, 15) is 8.42 Å². The van der Waals surface area contributed by atoms with Crippen molar-refractivity contribution in [1.82, 2.24) is 10.6 Å². The van der Waals surface area contributed by atoms with Crippen molar-refractivity contribution in [3.05, 3.63) is 29.8 Å². The van der Waals surface area contributed by atoms with Crippen LogP contribution in [0.3, 0.4) is 0 Å². The van der Waals surface area contributed by atoms with Crippen molar-refractivity contribution < 1.29 is 8.42 Å². The molecule has 0 saturated carbocycles. The summed E-state index contributed by atoms with van der Waals surface area (Å²) in [5.41, 5.74) is 0.790. The van der Waals surface area contributed by atoms with Crippen molar-refractivity contribution in [2.24, 2.45) is 10.1 Å². The summed E-state index contributed by atoms with van der Waals surface area (Å²) in [5.74, 6) is 0.704. The van der Waals surface area contributed by atoms with Gasteiger partial charge in [0.25, 0.3) is 0 Å². The third-order valence-corrected chi connectivity index (χ3v) is 5.39. The first-order valence-corrected chi connectivity index (χ1v) is 10.1. The molecular weight excluding hydrogens is 332 g/mol. The van der Waals surface area contributed by atoms with Gasteiger partial charge in [0.15, 0.2) is 5.96 Å². The number of hydrogen-bond acceptors (Lipinski definition) is 4. The summed E-state index contributed by atoms with van der Waals surface area (Å²) in [6.07, 6.45) is 2.07. The molecule has 0 spiro atoms. The van der Waals surface area contributed by atoms with Gasteiger partial charge in [-0.05, 0) is 44.7 Å². The van der Waals surface area contributed by atoms with E-state index in [4.69, 9.17) is 5.14 Å². The SMILES string of the molecule is CCNC(=NCc1cccc(S(N)(=O)=O)c1)NCC(C)(C)SC. The number of nitrogens with one attached hydrogen (secondary N) is 2. The maximum Gasteiger partial charge on any atom is 0.238 e. The molecule has 0 bridgehead atoms. The fraction of sp³-hybridized carbons (Fsp3) is 0.533.